The number of nitrogens with zero attached hydrogens (tertiary/aromatic N) is 2. The Labute approximate surface area is 101 Å². The largest absolute Gasteiger partial charge is 0.478 e. The number of fused-ring (bicyclic) bond motifs is 1. The molecule has 6 heteroatoms. The highest BCUT2D eigenvalue weighted by atomic mass is 16.5. The summed E-state index contributed by atoms with van der Waals surface area (Å²) < 4.78 is 10.5. The predicted molar refractivity (Wildman–Crippen MR) is 61.2 cm³/mol. The second-order valence-electron chi connectivity index (χ2n) is 3.84. The van der Waals surface area contributed by atoms with Gasteiger partial charge in [0.1, 0.15) is 5.52 Å². The maximum absolute atomic E-state index is 10.8. The van der Waals surface area contributed by atoms with Gasteiger partial charge in [-0.25, -0.2) is 9.78 Å². The Hall–Kier alpha value is -2.63. The van der Waals surface area contributed by atoms with Gasteiger partial charge in [0.2, 0.25) is 5.76 Å². The SMILES string of the molecule is Cc1cc(-c2nc3cc(C(=O)O)ccc3o2)on1. The molecule has 0 aliphatic carbocycles. The molecule has 0 radical (unpaired) electrons. The van der Waals surface area contributed by atoms with Crippen LogP contribution in [-0.2, 0) is 0 Å². The summed E-state index contributed by atoms with van der Waals surface area (Å²) in [6, 6.07) is 6.18. The Morgan fingerprint density at radius 2 is 2.17 bits per heavy atom. The van der Waals surface area contributed by atoms with E-state index in [2.05, 4.69) is 10.1 Å². The Morgan fingerprint density at radius 1 is 1.33 bits per heavy atom. The number of aryl methyl sites for hydroxylation is 1. The van der Waals surface area contributed by atoms with Crippen LogP contribution < -0.4 is 0 Å². The number of benzene rings is 1. The number of rotatable bonds is 2. The highest BCUT2D eigenvalue weighted by Gasteiger charge is 2.14. The molecule has 0 saturated carbocycles. The summed E-state index contributed by atoms with van der Waals surface area (Å²) in [7, 11) is 0. The van der Waals surface area contributed by atoms with Crippen LogP contribution in [0.3, 0.4) is 0 Å². The monoisotopic (exact) mass is 244 g/mol. The quantitative estimate of drug-likeness (QED) is 0.744. The van der Waals surface area contributed by atoms with Crippen molar-refractivity contribution in [3.05, 3.63) is 35.5 Å². The molecule has 0 aliphatic heterocycles. The molecule has 0 saturated heterocycles. The molecule has 1 aromatic carbocycles. The number of carboxylic acids is 1. The number of carbonyl (C=O) groups is 1. The van der Waals surface area contributed by atoms with E-state index in [1.165, 1.54) is 12.1 Å². The van der Waals surface area contributed by atoms with Crippen molar-refractivity contribution in [2.75, 3.05) is 0 Å². The molecule has 6 nitrogen and oxygen atoms in total. The molecule has 18 heavy (non-hydrogen) atoms. The summed E-state index contributed by atoms with van der Waals surface area (Å²) in [5.41, 5.74) is 1.86. The number of aromatic nitrogens is 2. The lowest BCUT2D eigenvalue weighted by Gasteiger charge is -1.91. The summed E-state index contributed by atoms with van der Waals surface area (Å²) in [5.74, 6) is -0.300. The van der Waals surface area contributed by atoms with E-state index in [4.69, 9.17) is 14.0 Å². The Balaban J connectivity index is 2.13. The van der Waals surface area contributed by atoms with Gasteiger partial charge in [-0.15, -0.1) is 0 Å². The van der Waals surface area contributed by atoms with Gasteiger partial charge in [-0.2, -0.15) is 0 Å². The molecule has 90 valence electrons. The summed E-state index contributed by atoms with van der Waals surface area (Å²) in [6.07, 6.45) is 0. The average molecular weight is 244 g/mol. The first kappa shape index (κ1) is 10.5. The third kappa shape index (κ3) is 1.64. The van der Waals surface area contributed by atoms with Crippen LogP contribution in [0.25, 0.3) is 22.8 Å². The van der Waals surface area contributed by atoms with E-state index in [1.54, 1.807) is 19.1 Å². The Morgan fingerprint density at radius 3 is 2.83 bits per heavy atom. The maximum Gasteiger partial charge on any atom is 0.335 e. The Bertz CT molecular complexity index is 741. The molecule has 0 atom stereocenters. The van der Waals surface area contributed by atoms with E-state index in [0.29, 0.717) is 16.9 Å². The number of hydrogen-bond donors (Lipinski definition) is 1. The van der Waals surface area contributed by atoms with Crippen LogP contribution >= 0.6 is 0 Å². The third-order valence-electron chi connectivity index (χ3n) is 2.47. The smallest absolute Gasteiger partial charge is 0.335 e. The molecule has 2 heterocycles. The van der Waals surface area contributed by atoms with Gasteiger partial charge in [0.25, 0.3) is 5.89 Å². The second kappa shape index (κ2) is 3.69. The topological polar surface area (TPSA) is 89.4 Å². The van der Waals surface area contributed by atoms with Gasteiger partial charge in [-0.3, -0.25) is 0 Å². The number of oxazole rings is 1. The van der Waals surface area contributed by atoms with E-state index >= 15 is 0 Å². The van der Waals surface area contributed by atoms with E-state index in [0.717, 1.165) is 5.69 Å². The fourth-order valence-corrected chi connectivity index (χ4v) is 1.63. The van der Waals surface area contributed by atoms with Gasteiger partial charge in [0, 0.05) is 6.07 Å². The molecule has 0 spiro atoms. The molecule has 0 fully saturated rings. The third-order valence-corrected chi connectivity index (χ3v) is 2.47. The normalized spacial score (nSPS) is 10.9. The first-order valence-corrected chi connectivity index (χ1v) is 5.21. The lowest BCUT2D eigenvalue weighted by molar-refractivity contribution is 0.0697. The van der Waals surface area contributed by atoms with Crippen molar-refractivity contribution in [2.45, 2.75) is 6.92 Å². The molecule has 0 aliphatic rings. The van der Waals surface area contributed by atoms with Crippen molar-refractivity contribution in [3.8, 4) is 11.7 Å². The zero-order valence-corrected chi connectivity index (χ0v) is 9.38. The summed E-state index contributed by atoms with van der Waals surface area (Å²) in [5, 5.41) is 12.6. The minimum atomic E-state index is -1.00. The zero-order chi connectivity index (χ0) is 12.7. The number of carboxylic acid groups (broad SMARTS) is 1. The van der Waals surface area contributed by atoms with Crippen LogP contribution in [0, 0.1) is 6.92 Å². The first-order valence-electron chi connectivity index (χ1n) is 5.21. The van der Waals surface area contributed by atoms with E-state index < -0.39 is 5.97 Å². The van der Waals surface area contributed by atoms with Crippen molar-refractivity contribution < 1.29 is 18.8 Å². The number of hydrogen-bond acceptors (Lipinski definition) is 5. The fraction of sp³-hybridized carbons (Fsp3) is 0.0833. The van der Waals surface area contributed by atoms with E-state index in [1.807, 2.05) is 0 Å². The van der Waals surface area contributed by atoms with Crippen molar-refractivity contribution in [1.82, 2.24) is 10.1 Å². The molecule has 0 unspecified atom stereocenters. The summed E-state index contributed by atoms with van der Waals surface area (Å²) >= 11 is 0. The highest BCUT2D eigenvalue weighted by Crippen LogP contribution is 2.25. The maximum atomic E-state index is 10.8. The lowest BCUT2D eigenvalue weighted by atomic mass is 10.2. The van der Waals surface area contributed by atoms with Crippen LogP contribution in [-0.4, -0.2) is 21.2 Å². The molecule has 0 bridgehead atoms. The Kier molecular flexibility index (Phi) is 2.16. The van der Waals surface area contributed by atoms with Crippen LogP contribution in [0.4, 0.5) is 0 Å². The van der Waals surface area contributed by atoms with Crippen molar-refractivity contribution in [3.63, 3.8) is 0 Å². The fourth-order valence-electron chi connectivity index (χ4n) is 1.63. The first-order chi connectivity index (χ1) is 8.63. The molecule has 3 rings (SSSR count). The van der Waals surface area contributed by atoms with Crippen molar-refractivity contribution in [1.29, 1.82) is 0 Å². The van der Waals surface area contributed by atoms with Crippen LogP contribution in [0.2, 0.25) is 0 Å². The van der Waals surface area contributed by atoms with Crippen molar-refractivity contribution in [2.24, 2.45) is 0 Å². The minimum Gasteiger partial charge on any atom is -0.478 e. The second-order valence-corrected chi connectivity index (χ2v) is 3.84. The number of aromatic carboxylic acids is 1. The zero-order valence-electron chi connectivity index (χ0n) is 9.38. The van der Waals surface area contributed by atoms with Crippen LogP contribution in [0.5, 0.6) is 0 Å². The average Bonchev–Trinajstić information content (AvgIpc) is 2.93. The highest BCUT2D eigenvalue weighted by molar-refractivity contribution is 5.92. The van der Waals surface area contributed by atoms with Crippen LogP contribution in [0.1, 0.15) is 16.1 Å². The molecule has 0 amide bonds. The molecular weight excluding hydrogens is 236 g/mol. The lowest BCUT2D eigenvalue weighted by Crippen LogP contribution is -1.94. The molecular formula is C12H8N2O4. The summed E-state index contributed by atoms with van der Waals surface area (Å²) in [6.45, 7) is 1.79. The van der Waals surface area contributed by atoms with E-state index in [-0.39, 0.29) is 11.5 Å². The van der Waals surface area contributed by atoms with Gasteiger partial charge in [0.05, 0.1) is 11.3 Å². The predicted octanol–water partition coefficient (Wildman–Crippen LogP) is 2.49. The summed E-state index contributed by atoms with van der Waals surface area (Å²) in [4.78, 5) is 15.0. The van der Waals surface area contributed by atoms with Gasteiger partial charge < -0.3 is 14.0 Å². The van der Waals surface area contributed by atoms with Crippen molar-refractivity contribution >= 4 is 17.1 Å². The standard InChI is InChI=1S/C12H8N2O4/c1-6-4-10(18-14-6)11-13-8-5-7(12(15)16)2-3-9(8)17-11/h2-5H,1H3,(H,15,16). The molecule has 3 aromatic rings. The van der Waals surface area contributed by atoms with Gasteiger partial charge >= 0.3 is 5.97 Å². The molecule has 2 aromatic heterocycles. The van der Waals surface area contributed by atoms with Gasteiger partial charge in [0.15, 0.2) is 5.58 Å². The van der Waals surface area contributed by atoms with Gasteiger partial charge in [-0.1, -0.05) is 5.16 Å². The van der Waals surface area contributed by atoms with Gasteiger partial charge in [-0.05, 0) is 25.1 Å². The van der Waals surface area contributed by atoms with Crippen LogP contribution in [0.15, 0.2) is 33.2 Å². The molecule has 1 N–H and O–H groups in total. The van der Waals surface area contributed by atoms with E-state index in [9.17, 15) is 4.79 Å². The minimum absolute atomic E-state index is 0.163.